The summed E-state index contributed by atoms with van der Waals surface area (Å²) >= 11 is 12.8. The Morgan fingerprint density at radius 2 is 1.68 bits per heavy atom. The minimum atomic E-state index is -0.299. The lowest BCUT2D eigenvalue weighted by atomic mass is 10.2. The average Bonchev–Trinajstić information content (AvgIpc) is 3.12. The molecule has 0 aliphatic heterocycles. The average molecular weight is 424 g/mol. The van der Waals surface area contributed by atoms with Gasteiger partial charge < -0.3 is 5.32 Å². The Balaban J connectivity index is 1.54. The van der Waals surface area contributed by atoms with E-state index in [2.05, 4.69) is 10.6 Å². The Labute approximate surface area is 176 Å². The second kappa shape index (κ2) is 8.06. The van der Waals surface area contributed by atoms with Crippen LogP contribution >= 0.6 is 35.2 Å². The number of halogens is 1. The van der Waals surface area contributed by atoms with Crippen molar-refractivity contribution in [2.24, 2.45) is 0 Å². The molecule has 4 nitrogen and oxygen atoms in total. The predicted molar refractivity (Wildman–Crippen MR) is 120 cm³/mol. The number of anilines is 1. The van der Waals surface area contributed by atoms with Crippen LogP contribution in [-0.2, 0) is 0 Å². The molecule has 0 saturated carbocycles. The monoisotopic (exact) mass is 423 g/mol. The van der Waals surface area contributed by atoms with Gasteiger partial charge in [-0.15, -0.1) is 11.3 Å². The minimum absolute atomic E-state index is 0.216. The maximum Gasteiger partial charge on any atom is 0.257 e. The molecule has 1 amide bonds. The molecule has 138 valence electrons. The van der Waals surface area contributed by atoms with E-state index in [1.54, 1.807) is 35.6 Å². The molecule has 0 unspecified atom stereocenters. The number of carbonyl (C=O) groups excluding carboxylic acids is 1. The second-order valence-corrected chi connectivity index (χ2v) is 7.82. The first-order chi connectivity index (χ1) is 13.6. The number of carbonyl (C=O) groups is 1. The molecule has 0 aliphatic carbocycles. The molecule has 3 aromatic carbocycles. The van der Waals surface area contributed by atoms with Crippen molar-refractivity contribution < 1.29 is 4.79 Å². The van der Waals surface area contributed by atoms with Crippen LogP contribution in [0.2, 0.25) is 5.02 Å². The van der Waals surface area contributed by atoms with Crippen molar-refractivity contribution in [2.45, 2.75) is 0 Å². The van der Waals surface area contributed by atoms with Gasteiger partial charge in [-0.3, -0.25) is 10.1 Å². The molecule has 1 heterocycles. The van der Waals surface area contributed by atoms with Crippen LogP contribution < -0.4 is 10.6 Å². The Hall–Kier alpha value is -2.80. The van der Waals surface area contributed by atoms with Crippen molar-refractivity contribution >= 4 is 62.1 Å². The van der Waals surface area contributed by atoms with Crippen molar-refractivity contribution in [1.29, 1.82) is 0 Å². The SMILES string of the molecule is O=C(NC(=S)Nc1ccccc1-c1nc2ccccc2s1)c1ccc(Cl)cc1. The van der Waals surface area contributed by atoms with Gasteiger partial charge in [-0.1, -0.05) is 35.9 Å². The standard InChI is InChI=1S/C21H14ClN3OS2/c22-14-11-9-13(10-12-14)19(26)25-21(27)24-16-6-2-1-5-15(16)20-23-17-7-3-4-8-18(17)28-20/h1-12H,(H2,24,25,26,27). The molecule has 28 heavy (non-hydrogen) atoms. The van der Waals surface area contributed by atoms with Crippen LogP contribution in [0.4, 0.5) is 5.69 Å². The highest BCUT2D eigenvalue weighted by molar-refractivity contribution is 7.80. The third kappa shape index (κ3) is 4.04. The lowest BCUT2D eigenvalue weighted by molar-refractivity contribution is 0.0978. The maximum absolute atomic E-state index is 12.3. The quantitative estimate of drug-likeness (QED) is 0.412. The van der Waals surface area contributed by atoms with Crippen LogP contribution in [0.15, 0.2) is 72.8 Å². The van der Waals surface area contributed by atoms with Crippen molar-refractivity contribution in [1.82, 2.24) is 10.3 Å². The van der Waals surface area contributed by atoms with Gasteiger partial charge in [-0.05, 0) is 60.7 Å². The smallest absolute Gasteiger partial charge is 0.257 e. The molecule has 0 bridgehead atoms. The zero-order valence-corrected chi connectivity index (χ0v) is 16.9. The molecule has 4 rings (SSSR count). The van der Waals surface area contributed by atoms with Gasteiger partial charge in [0.05, 0.1) is 15.9 Å². The van der Waals surface area contributed by atoms with Crippen LogP contribution in [0.25, 0.3) is 20.8 Å². The summed E-state index contributed by atoms with van der Waals surface area (Å²) in [6.45, 7) is 0. The Kier molecular flexibility index (Phi) is 5.34. The van der Waals surface area contributed by atoms with E-state index in [1.165, 1.54) is 0 Å². The molecule has 4 aromatic rings. The number of hydrogen-bond donors (Lipinski definition) is 2. The summed E-state index contributed by atoms with van der Waals surface area (Å²) < 4.78 is 1.12. The molecule has 1 aromatic heterocycles. The highest BCUT2D eigenvalue weighted by Gasteiger charge is 2.13. The van der Waals surface area contributed by atoms with Gasteiger partial charge in [-0.2, -0.15) is 0 Å². The van der Waals surface area contributed by atoms with Gasteiger partial charge >= 0.3 is 0 Å². The number of para-hydroxylation sites is 2. The van der Waals surface area contributed by atoms with Gasteiger partial charge in [-0.25, -0.2) is 4.98 Å². The van der Waals surface area contributed by atoms with Gasteiger partial charge in [0.25, 0.3) is 5.91 Å². The summed E-state index contributed by atoms with van der Waals surface area (Å²) in [5, 5.41) is 7.47. The number of thiazole rings is 1. The number of rotatable bonds is 3. The Bertz CT molecular complexity index is 1140. The van der Waals surface area contributed by atoms with E-state index < -0.39 is 0 Å². The Morgan fingerprint density at radius 1 is 0.964 bits per heavy atom. The molecule has 2 N–H and O–H groups in total. The zero-order valence-electron chi connectivity index (χ0n) is 14.5. The minimum Gasteiger partial charge on any atom is -0.332 e. The largest absolute Gasteiger partial charge is 0.332 e. The number of nitrogens with zero attached hydrogens (tertiary/aromatic N) is 1. The summed E-state index contributed by atoms with van der Waals surface area (Å²) in [6, 6.07) is 22.4. The van der Waals surface area contributed by atoms with Crippen LogP contribution in [0.3, 0.4) is 0 Å². The van der Waals surface area contributed by atoms with Crippen LogP contribution in [-0.4, -0.2) is 16.0 Å². The number of fused-ring (bicyclic) bond motifs is 1. The molecule has 0 fully saturated rings. The topological polar surface area (TPSA) is 54.0 Å². The van der Waals surface area contributed by atoms with Crippen molar-refractivity contribution in [3.05, 3.63) is 83.4 Å². The lowest BCUT2D eigenvalue weighted by Gasteiger charge is -2.12. The van der Waals surface area contributed by atoms with Crippen molar-refractivity contribution in [3.8, 4) is 10.6 Å². The fourth-order valence-corrected chi connectivity index (χ4v) is 4.03. The molecule has 0 spiro atoms. The first-order valence-electron chi connectivity index (χ1n) is 8.43. The number of thiocarbonyl (C=S) groups is 1. The molecular formula is C21H14ClN3OS2. The number of amides is 1. The normalized spacial score (nSPS) is 10.6. The number of aromatic nitrogens is 1. The van der Waals surface area contributed by atoms with Crippen LogP contribution in [0, 0.1) is 0 Å². The van der Waals surface area contributed by atoms with E-state index in [0.717, 1.165) is 26.5 Å². The zero-order chi connectivity index (χ0) is 19.5. The molecule has 0 aliphatic rings. The number of hydrogen-bond acceptors (Lipinski definition) is 4. The fourth-order valence-electron chi connectivity index (χ4n) is 2.70. The van der Waals surface area contributed by atoms with Crippen molar-refractivity contribution in [3.63, 3.8) is 0 Å². The predicted octanol–water partition coefficient (Wildman–Crippen LogP) is 5.74. The highest BCUT2D eigenvalue weighted by atomic mass is 35.5. The van der Waals surface area contributed by atoms with Crippen LogP contribution in [0.1, 0.15) is 10.4 Å². The molecular weight excluding hydrogens is 410 g/mol. The third-order valence-corrected chi connectivity index (χ3v) is 5.56. The summed E-state index contributed by atoms with van der Waals surface area (Å²) in [6.07, 6.45) is 0. The molecule has 0 atom stereocenters. The third-order valence-electron chi connectivity index (χ3n) is 4.03. The van der Waals surface area contributed by atoms with Crippen molar-refractivity contribution in [2.75, 3.05) is 5.32 Å². The molecule has 0 radical (unpaired) electrons. The van der Waals surface area contributed by atoms with E-state index >= 15 is 0 Å². The van der Waals surface area contributed by atoms with Gasteiger partial charge in [0.2, 0.25) is 0 Å². The van der Waals surface area contributed by atoms with Gasteiger partial charge in [0.15, 0.2) is 5.11 Å². The van der Waals surface area contributed by atoms with E-state index in [-0.39, 0.29) is 11.0 Å². The number of benzene rings is 3. The second-order valence-electron chi connectivity index (χ2n) is 5.95. The van der Waals surface area contributed by atoms with E-state index in [9.17, 15) is 4.79 Å². The van der Waals surface area contributed by atoms with Gasteiger partial charge in [0, 0.05) is 16.1 Å². The Morgan fingerprint density at radius 3 is 2.46 bits per heavy atom. The summed E-state index contributed by atoms with van der Waals surface area (Å²) in [7, 11) is 0. The van der Waals surface area contributed by atoms with E-state index in [4.69, 9.17) is 28.8 Å². The number of nitrogens with one attached hydrogen (secondary N) is 2. The lowest BCUT2D eigenvalue weighted by Crippen LogP contribution is -2.34. The maximum atomic E-state index is 12.3. The summed E-state index contributed by atoms with van der Waals surface area (Å²) in [5.41, 5.74) is 3.14. The van der Waals surface area contributed by atoms with E-state index in [1.807, 2.05) is 48.5 Å². The summed E-state index contributed by atoms with van der Waals surface area (Å²) in [5.74, 6) is -0.299. The first kappa shape index (κ1) is 18.6. The fraction of sp³-hybridized carbons (Fsp3) is 0. The molecule has 7 heteroatoms. The first-order valence-corrected chi connectivity index (χ1v) is 10.0. The highest BCUT2D eigenvalue weighted by Crippen LogP contribution is 2.34. The summed E-state index contributed by atoms with van der Waals surface area (Å²) in [4.78, 5) is 17.0. The van der Waals surface area contributed by atoms with E-state index in [0.29, 0.717) is 10.6 Å². The van der Waals surface area contributed by atoms with Gasteiger partial charge in [0.1, 0.15) is 5.01 Å². The molecule has 0 saturated heterocycles. The van der Waals surface area contributed by atoms with Crippen LogP contribution in [0.5, 0.6) is 0 Å².